The van der Waals surface area contributed by atoms with Crippen molar-refractivity contribution < 1.29 is 9.84 Å². The van der Waals surface area contributed by atoms with Crippen LogP contribution in [0.2, 0.25) is 0 Å². The molecule has 1 saturated carbocycles. The normalized spacial score (nSPS) is 19.4. The molecule has 1 atom stereocenters. The molecule has 0 radical (unpaired) electrons. The van der Waals surface area contributed by atoms with Crippen molar-refractivity contribution in [3.05, 3.63) is 22.4 Å². The summed E-state index contributed by atoms with van der Waals surface area (Å²) in [7, 11) is 0. The lowest BCUT2D eigenvalue weighted by molar-refractivity contribution is 0.0282. The van der Waals surface area contributed by atoms with Crippen LogP contribution < -0.4 is 5.32 Å². The van der Waals surface area contributed by atoms with E-state index < -0.39 is 6.10 Å². The van der Waals surface area contributed by atoms with Gasteiger partial charge in [-0.05, 0) is 24.3 Å². The average Bonchev–Trinajstić information content (AvgIpc) is 2.90. The Balaban J connectivity index is 1.55. The number of hydrogen-bond acceptors (Lipinski definition) is 4. The van der Waals surface area contributed by atoms with Gasteiger partial charge in [0.1, 0.15) is 0 Å². The fourth-order valence-electron chi connectivity index (χ4n) is 2.71. The van der Waals surface area contributed by atoms with Gasteiger partial charge in [-0.15, -0.1) is 11.3 Å². The predicted molar refractivity (Wildman–Crippen MR) is 84.1 cm³/mol. The number of hydrogen-bond donors (Lipinski definition) is 2. The molecule has 1 aliphatic carbocycles. The Hall–Kier alpha value is -0.420. The van der Waals surface area contributed by atoms with Crippen LogP contribution >= 0.6 is 11.3 Å². The minimum absolute atomic E-state index is 0.402. The Morgan fingerprint density at radius 3 is 2.70 bits per heavy atom. The molecule has 1 fully saturated rings. The molecular formula is C16H27NO2S. The molecule has 114 valence electrons. The van der Waals surface area contributed by atoms with Crippen molar-refractivity contribution in [1.82, 2.24) is 5.32 Å². The number of aliphatic hydroxyl groups is 1. The molecular weight excluding hydrogens is 270 g/mol. The van der Waals surface area contributed by atoms with Gasteiger partial charge in [0.2, 0.25) is 0 Å². The van der Waals surface area contributed by atoms with Crippen molar-refractivity contribution in [2.24, 2.45) is 0 Å². The maximum Gasteiger partial charge on any atom is 0.0897 e. The lowest BCUT2D eigenvalue weighted by Gasteiger charge is -2.22. The largest absolute Gasteiger partial charge is 0.389 e. The van der Waals surface area contributed by atoms with Crippen molar-refractivity contribution in [3.63, 3.8) is 0 Å². The van der Waals surface area contributed by atoms with Crippen molar-refractivity contribution in [3.8, 4) is 0 Å². The van der Waals surface area contributed by atoms with Crippen LogP contribution in [0.3, 0.4) is 0 Å². The van der Waals surface area contributed by atoms with Gasteiger partial charge in [-0.3, -0.25) is 0 Å². The number of rotatable bonds is 7. The van der Waals surface area contributed by atoms with E-state index in [1.165, 1.54) is 49.8 Å². The average molecular weight is 297 g/mol. The first-order valence-electron chi connectivity index (χ1n) is 7.86. The molecule has 1 aromatic heterocycles. The lowest BCUT2D eigenvalue weighted by Crippen LogP contribution is -2.37. The molecule has 2 N–H and O–H groups in total. The van der Waals surface area contributed by atoms with Crippen LogP contribution in [-0.2, 0) is 11.3 Å². The van der Waals surface area contributed by atoms with E-state index >= 15 is 0 Å². The first-order chi connectivity index (χ1) is 9.84. The quantitative estimate of drug-likeness (QED) is 0.811. The summed E-state index contributed by atoms with van der Waals surface area (Å²) in [6.07, 6.45) is 8.87. The van der Waals surface area contributed by atoms with Gasteiger partial charge in [-0.25, -0.2) is 0 Å². The maximum atomic E-state index is 9.95. The zero-order chi connectivity index (χ0) is 14.0. The highest BCUT2D eigenvalue weighted by Gasteiger charge is 2.12. The standard InChI is InChI=1S/C16H27NO2S/c18-15(12-19-13-16-9-6-10-20-16)11-17-14-7-4-2-1-3-5-8-14/h6,9-10,14-15,17-18H,1-5,7-8,11-13H2. The molecule has 1 heterocycles. The summed E-state index contributed by atoms with van der Waals surface area (Å²) in [5.41, 5.74) is 0. The second kappa shape index (κ2) is 9.50. The zero-order valence-corrected chi connectivity index (χ0v) is 13.0. The summed E-state index contributed by atoms with van der Waals surface area (Å²) < 4.78 is 5.54. The third-order valence-corrected chi connectivity index (χ3v) is 4.73. The molecule has 1 aliphatic rings. The minimum Gasteiger partial charge on any atom is -0.389 e. The third-order valence-electron chi connectivity index (χ3n) is 3.88. The van der Waals surface area contributed by atoms with Crippen molar-refractivity contribution in [1.29, 1.82) is 0 Å². The second-order valence-electron chi connectivity index (χ2n) is 5.70. The van der Waals surface area contributed by atoms with Gasteiger partial charge in [0, 0.05) is 17.5 Å². The van der Waals surface area contributed by atoms with E-state index in [0.717, 1.165) is 0 Å². The molecule has 1 aromatic rings. The molecule has 20 heavy (non-hydrogen) atoms. The molecule has 0 bridgehead atoms. The molecule has 0 spiro atoms. The summed E-state index contributed by atoms with van der Waals surface area (Å²) in [5.74, 6) is 0. The minimum atomic E-state index is -0.402. The smallest absolute Gasteiger partial charge is 0.0897 e. The molecule has 0 aliphatic heterocycles. The van der Waals surface area contributed by atoms with E-state index in [9.17, 15) is 5.11 Å². The topological polar surface area (TPSA) is 41.5 Å². The van der Waals surface area contributed by atoms with Crippen LogP contribution in [0.5, 0.6) is 0 Å². The van der Waals surface area contributed by atoms with E-state index in [2.05, 4.69) is 11.4 Å². The predicted octanol–water partition coefficient (Wildman–Crippen LogP) is 3.33. The summed E-state index contributed by atoms with van der Waals surface area (Å²) in [6, 6.07) is 4.67. The monoisotopic (exact) mass is 297 g/mol. The van der Waals surface area contributed by atoms with E-state index in [1.807, 2.05) is 11.4 Å². The summed E-state index contributed by atoms with van der Waals surface area (Å²) in [6.45, 7) is 1.67. The Bertz CT molecular complexity index is 334. The first-order valence-corrected chi connectivity index (χ1v) is 8.74. The van der Waals surface area contributed by atoms with E-state index in [4.69, 9.17) is 4.74 Å². The van der Waals surface area contributed by atoms with Crippen LogP contribution in [0, 0.1) is 0 Å². The fourth-order valence-corrected chi connectivity index (χ4v) is 3.35. The van der Waals surface area contributed by atoms with Gasteiger partial charge in [-0.2, -0.15) is 0 Å². The zero-order valence-electron chi connectivity index (χ0n) is 12.2. The lowest BCUT2D eigenvalue weighted by atomic mass is 9.97. The molecule has 0 aromatic carbocycles. The Morgan fingerprint density at radius 2 is 2.00 bits per heavy atom. The SMILES string of the molecule is OC(CNC1CCCCCCC1)COCc1cccs1. The molecule has 0 amide bonds. The van der Waals surface area contributed by atoms with E-state index in [-0.39, 0.29) is 0 Å². The van der Waals surface area contributed by atoms with Gasteiger partial charge >= 0.3 is 0 Å². The van der Waals surface area contributed by atoms with Crippen LogP contribution in [0.25, 0.3) is 0 Å². The van der Waals surface area contributed by atoms with E-state index in [0.29, 0.717) is 25.8 Å². The highest BCUT2D eigenvalue weighted by molar-refractivity contribution is 7.09. The van der Waals surface area contributed by atoms with Crippen LogP contribution in [0.4, 0.5) is 0 Å². The first kappa shape index (κ1) is 16.0. The molecule has 0 saturated heterocycles. The fraction of sp³-hybridized carbons (Fsp3) is 0.750. The van der Waals surface area contributed by atoms with Crippen molar-refractivity contribution in [2.45, 2.75) is 63.7 Å². The molecule has 2 rings (SSSR count). The van der Waals surface area contributed by atoms with Gasteiger partial charge in [0.05, 0.1) is 19.3 Å². The Kier molecular flexibility index (Phi) is 7.58. The van der Waals surface area contributed by atoms with Crippen LogP contribution in [0.15, 0.2) is 17.5 Å². The number of thiophene rings is 1. The Labute approximate surface area is 126 Å². The molecule has 3 nitrogen and oxygen atoms in total. The molecule has 4 heteroatoms. The number of aliphatic hydroxyl groups excluding tert-OH is 1. The van der Waals surface area contributed by atoms with Crippen molar-refractivity contribution >= 4 is 11.3 Å². The van der Waals surface area contributed by atoms with Gasteiger partial charge < -0.3 is 15.2 Å². The van der Waals surface area contributed by atoms with Gasteiger partial charge in [0.15, 0.2) is 0 Å². The summed E-state index contributed by atoms with van der Waals surface area (Å²) >= 11 is 1.69. The highest BCUT2D eigenvalue weighted by atomic mass is 32.1. The van der Waals surface area contributed by atoms with Crippen LogP contribution in [0.1, 0.15) is 49.8 Å². The Morgan fingerprint density at radius 1 is 1.25 bits per heavy atom. The maximum absolute atomic E-state index is 9.95. The third kappa shape index (κ3) is 6.35. The second-order valence-corrected chi connectivity index (χ2v) is 6.73. The summed E-state index contributed by atoms with van der Waals surface area (Å²) in [4.78, 5) is 1.21. The van der Waals surface area contributed by atoms with E-state index in [1.54, 1.807) is 11.3 Å². The highest BCUT2D eigenvalue weighted by Crippen LogP contribution is 2.17. The van der Waals surface area contributed by atoms with Crippen molar-refractivity contribution in [2.75, 3.05) is 13.2 Å². The van der Waals surface area contributed by atoms with Gasteiger partial charge in [0.25, 0.3) is 0 Å². The van der Waals surface area contributed by atoms with Crippen LogP contribution in [-0.4, -0.2) is 30.4 Å². The summed E-state index contributed by atoms with van der Waals surface area (Å²) in [5, 5.41) is 15.5. The van der Waals surface area contributed by atoms with Gasteiger partial charge in [-0.1, -0.05) is 38.2 Å². The number of ether oxygens (including phenoxy) is 1. The molecule has 1 unspecified atom stereocenters. The number of nitrogens with one attached hydrogen (secondary N) is 1.